The highest BCUT2D eigenvalue weighted by Crippen LogP contribution is 2.31. The van der Waals surface area contributed by atoms with E-state index in [2.05, 4.69) is 4.98 Å². The number of carbonyl (C=O) groups is 2. The van der Waals surface area contributed by atoms with Crippen LogP contribution in [0.25, 0.3) is 10.9 Å². The van der Waals surface area contributed by atoms with E-state index in [-0.39, 0.29) is 23.2 Å². The van der Waals surface area contributed by atoms with Gasteiger partial charge in [0.1, 0.15) is 17.4 Å². The summed E-state index contributed by atoms with van der Waals surface area (Å²) in [6, 6.07) is 11.2. The SMILES string of the molecule is CC(Oc1ccc(F)cc1)C(=O)N1CCCC(c2nc3ccc(F)cc3cc2C(N)=O)C1. The summed E-state index contributed by atoms with van der Waals surface area (Å²) in [4.78, 5) is 31.4. The van der Waals surface area contributed by atoms with Crippen LogP contribution in [0.3, 0.4) is 0 Å². The van der Waals surface area contributed by atoms with Crippen LogP contribution in [0.15, 0.2) is 48.5 Å². The van der Waals surface area contributed by atoms with Crippen LogP contribution in [-0.4, -0.2) is 40.9 Å². The zero-order valence-electron chi connectivity index (χ0n) is 17.6. The molecule has 6 nitrogen and oxygen atoms in total. The highest BCUT2D eigenvalue weighted by atomic mass is 19.1. The van der Waals surface area contributed by atoms with Gasteiger partial charge < -0.3 is 15.4 Å². The average Bonchev–Trinajstić information content (AvgIpc) is 2.79. The Balaban J connectivity index is 1.55. The average molecular weight is 439 g/mol. The van der Waals surface area contributed by atoms with Gasteiger partial charge in [0.05, 0.1) is 16.8 Å². The number of nitrogens with zero attached hydrogens (tertiary/aromatic N) is 2. The van der Waals surface area contributed by atoms with Crippen LogP contribution >= 0.6 is 0 Å². The Morgan fingerprint density at radius 2 is 1.84 bits per heavy atom. The normalized spacial score (nSPS) is 17.2. The van der Waals surface area contributed by atoms with Crippen molar-refractivity contribution in [1.82, 2.24) is 9.88 Å². The van der Waals surface area contributed by atoms with Gasteiger partial charge in [0, 0.05) is 24.4 Å². The number of benzene rings is 2. The van der Waals surface area contributed by atoms with Gasteiger partial charge in [-0.1, -0.05) is 0 Å². The minimum atomic E-state index is -0.762. The van der Waals surface area contributed by atoms with E-state index >= 15 is 0 Å². The van der Waals surface area contributed by atoms with Gasteiger partial charge in [-0.25, -0.2) is 8.78 Å². The molecule has 2 amide bonds. The third-order valence-corrected chi connectivity index (χ3v) is 5.67. The van der Waals surface area contributed by atoms with Gasteiger partial charge >= 0.3 is 0 Å². The first kappa shape index (κ1) is 21.7. The monoisotopic (exact) mass is 439 g/mol. The quantitative estimate of drug-likeness (QED) is 0.656. The molecule has 3 aromatic rings. The molecule has 1 fully saturated rings. The number of nitrogens with two attached hydrogens (primary N) is 1. The van der Waals surface area contributed by atoms with Crippen LogP contribution in [0.5, 0.6) is 5.75 Å². The van der Waals surface area contributed by atoms with Crippen LogP contribution in [-0.2, 0) is 4.79 Å². The van der Waals surface area contributed by atoms with Crippen molar-refractivity contribution in [1.29, 1.82) is 0 Å². The largest absolute Gasteiger partial charge is 0.481 e. The molecule has 1 aliphatic heterocycles. The lowest BCUT2D eigenvalue weighted by Gasteiger charge is -2.34. The Labute approximate surface area is 184 Å². The maximum absolute atomic E-state index is 13.6. The number of piperidine rings is 1. The molecule has 2 atom stereocenters. The highest BCUT2D eigenvalue weighted by molar-refractivity contribution is 5.98. The molecule has 2 aromatic carbocycles. The molecule has 1 saturated heterocycles. The zero-order valence-corrected chi connectivity index (χ0v) is 17.6. The molecule has 0 radical (unpaired) electrons. The first-order valence-electron chi connectivity index (χ1n) is 10.4. The predicted octanol–water partition coefficient (Wildman–Crippen LogP) is 3.79. The van der Waals surface area contributed by atoms with Crippen LogP contribution in [0, 0.1) is 11.6 Å². The van der Waals surface area contributed by atoms with E-state index < -0.39 is 17.8 Å². The Morgan fingerprint density at radius 3 is 2.56 bits per heavy atom. The Morgan fingerprint density at radius 1 is 1.12 bits per heavy atom. The van der Waals surface area contributed by atoms with Crippen LogP contribution in [0.4, 0.5) is 8.78 Å². The van der Waals surface area contributed by atoms with E-state index in [1.807, 2.05) is 0 Å². The second-order valence-corrected chi connectivity index (χ2v) is 7.96. The third kappa shape index (κ3) is 4.54. The minimum absolute atomic E-state index is 0.192. The van der Waals surface area contributed by atoms with Crippen LogP contribution in [0.1, 0.15) is 41.7 Å². The molecule has 1 aliphatic rings. The first-order chi connectivity index (χ1) is 15.3. The summed E-state index contributed by atoms with van der Waals surface area (Å²) in [6.45, 7) is 2.56. The van der Waals surface area contributed by atoms with Crippen molar-refractivity contribution in [2.24, 2.45) is 5.73 Å². The van der Waals surface area contributed by atoms with Crippen molar-refractivity contribution in [3.8, 4) is 5.75 Å². The lowest BCUT2D eigenvalue weighted by atomic mass is 9.90. The number of halogens is 2. The van der Waals surface area contributed by atoms with Gasteiger partial charge in [0.25, 0.3) is 11.8 Å². The molecule has 166 valence electrons. The number of aromatic nitrogens is 1. The molecule has 2 N–H and O–H groups in total. The van der Waals surface area contributed by atoms with E-state index in [1.54, 1.807) is 24.0 Å². The molecule has 8 heteroatoms. The fraction of sp³-hybridized carbons (Fsp3) is 0.292. The summed E-state index contributed by atoms with van der Waals surface area (Å²) in [6.07, 6.45) is 0.695. The maximum Gasteiger partial charge on any atom is 0.263 e. The van der Waals surface area contributed by atoms with Crippen molar-refractivity contribution in [2.75, 3.05) is 13.1 Å². The number of primary amides is 1. The zero-order chi connectivity index (χ0) is 22.8. The van der Waals surface area contributed by atoms with Gasteiger partial charge in [-0.3, -0.25) is 14.6 Å². The molecule has 2 heterocycles. The number of rotatable bonds is 5. The molecule has 0 saturated carbocycles. The fourth-order valence-corrected chi connectivity index (χ4v) is 4.10. The predicted molar refractivity (Wildman–Crippen MR) is 115 cm³/mol. The van der Waals surface area contributed by atoms with E-state index in [4.69, 9.17) is 10.5 Å². The second-order valence-electron chi connectivity index (χ2n) is 7.96. The Kier molecular flexibility index (Phi) is 6.03. The van der Waals surface area contributed by atoms with E-state index in [1.165, 1.54) is 36.4 Å². The number of likely N-dealkylation sites (tertiary alicyclic amines) is 1. The number of hydrogen-bond acceptors (Lipinski definition) is 4. The van der Waals surface area contributed by atoms with Crippen molar-refractivity contribution >= 4 is 22.7 Å². The minimum Gasteiger partial charge on any atom is -0.481 e. The van der Waals surface area contributed by atoms with Gasteiger partial charge in [-0.05, 0) is 68.3 Å². The van der Waals surface area contributed by atoms with Gasteiger partial charge in [-0.15, -0.1) is 0 Å². The molecular weight excluding hydrogens is 416 g/mol. The summed E-state index contributed by atoms with van der Waals surface area (Å²) < 4.78 is 32.4. The summed E-state index contributed by atoms with van der Waals surface area (Å²) >= 11 is 0. The lowest BCUT2D eigenvalue weighted by molar-refractivity contribution is -0.139. The topological polar surface area (TPSA) is 85.5 Å². The summed E-state index contributed by atoms with van der Waals surface area (Å²) in [5, 5.41) is 0.493. The highest BCUT2D eigenvalue weighted by Gasteiger charge is 2.31. The standard InChI is InChI=1S/C24H23F2N3O3/c1-14(32-19-7-4-17(25)5-8-19)24(31)29-10-2-3-15(13-29)22-20(23(27)30)12-16-11-18(26)6-9-21(16)28-22/h4-9,11-12,14-15H,2-3,10,13H2,1H3,(H2,27,30). The van der Waals surface area contributed by atoms with Crippen molar-refractivity contribution in [3.63, 3.8) is 0 Å². The summed E-state index contributed by atoms with van der Waals surface area (Å²) in [7, 11) is 0. The van der Waals surface area contributed by atoms with Crippen molar-refractivity contribution < 1.29 is 23.1 Å². The number of ether oxygens (including phenoxy) is 1. The van der Waals surface area contributed by atoms with Crippen molar-refractivity contribution in [2.45, 2.75) is 31.8 Å². The maximum atomic E-state index is 13.6. The first-order valence-corrected chi connectivity index (χ1v) is 10.4. The number of pyridine rings is 1. The van der Waals surface area contributed by atoms with Crippen molar-refractivity contribution in [3.05, 3.63) is 71.4 Å². The molecule has 1 aromatic heterocycles. The molecule has 4 rings (SSSR count). The molecule has 0 bridgehead atoms. The van der Waals surface area contributed by atoms with Gasteiger partial charge in [-0.2, -0.15) is 0 Å². The van der Waals surface area contributed by atoms with E-state index in [9.17, 15) is 18.4 Å². The lowest BCUT2D eigenvalue weighted by Crippen LogP contribution is -2.45. The molecule has 32 heavy (non-hydrogen) atoms. The summed E-state index contributed by atoms with van der Waals surface area (Å²) in [5.74, 6) is -1.45. The number of hydrogen-bond donors (Lipinski definition) is 1. The molecule has 2 unspecified atom stereocenters. The third-order valence-electron chi connectivity index (χ3n) is 5.67. The Bertz CT molecular complexity index is 1170. The van der Waals surface area contributed by atoms with E-state index in [0.29, 0.717) is 35.4 Å². The smallest absolute Gasteiger partial charge is 0.263 e. The fourth-order valence-electron chi connectivity index (χ4n) is 4.10. The molecular formula is C24H23F2N3O3. The van der Waals surface area contributed by atoms with Crippen LogP contribution in [0.2, 0.25) is 0 Å². The van der Waals surface area contributed by atoms with Gasteiger partial charge in [0.15, 0.2) is 6.10 Å². The van der Waals surface area contributed by atoms with Gasteiger partial charge in [0.2, 0.25) is 0 Å². The van der Waals surface area contributed by atoms with E-state index in [0.717, 1.165) is 12.8 Å². The number of amides is 2. The molecule has 0 aliphatic carbocycles. The van der Waals surface area contributed by atoms with Crippen LogP contribution < -0.4 is 10.5 Å². The Hall–Kier alpha value is -3.55. The molecule has 0 spiro atoms. The number of fused-ring (bicyclic) bond motifs is 1. The summed E-state index contributed by atoms with van der Waals surface area (Å²) in [5.41, 5.74) is 6.90. The second kappa shape index (κ2) is 8.90. The number of carbonyl (C=O) groups excluding carboxylic acids is 2.